The molecule has 0 aliphatic carbocycles. The molecule has 1 aliphatic rings. The molecule has 1 aromatic rings. The number of imidazole rings is 1. The molecule has 3 heteroatoms. The van der Waals surface area contributed by atoms with Crippen molar-refractivity contribution in [3.05, 3.63) is 17.7 Å². The molecule has 70 valence electrons. The van der Waals surface area contributed by atoms with Crippen LogP contribution in [0.5, 0.6) is 0 Å². The first kappa shape index (κ1) is 8.48. The minimum atomic E-state index is 0.0462. The Morgan fingerprint density at radius 3 is 3.15 bits per heavy atom. The van der Waals surface area contributed by atoms with E-state index in [9.17, 15) is 4.79 Å². The Bertz CT molecular complexity index is 341. The zero-order valence-electron chi connectivity index (χ0n) is 8.08. The third-order valence-electron chi connectivity index (χ3n) is 2.80. The lowest BCUT2D eigenvalue weighted by Crippen LogP contribution is -2.22. The van der Waals surface area contributed by atoms with Gasteiger partial charge in [0.15, 0.2) is 5.78 Å². The first-order valence-corrected chi connectivity index (χ1v) is 4.73. The highest BCUT2D eigenvalue weighted by Gasteiger charge is 2.24. The van der Waals surface area contributed by atoms with E-state index in [1.165, 1.54) is 5.69 Å². The van der Waals surface area contributed by atoms with Crippen molar-refractivity contribution in [1.82, 2.24) is 9.55 Å². The fraction of sp³-hybridized carbons (Fsp3) is 0.600. The molecule has 1 aliphatic heterocycles. The van der Waals surface area contributed by atoms with Crippen molar-refractivity contribution in [3.63, 3.8) is 0 Å². The van der Waals surface area contributed by atoms with E-state index in [0.29, 0.717) is 0 Å². The Labute approximate surface area is 77.8 Å². The van der Waals surface area contributed by atoms with Gasteiger partial charge in [0.05, 0.1) is 18.1 Å². The fourth-order valence-electron chi connectivity index (χ4n) is 2.06. The second kappa shape index (κ2) is 2.98. The molecule has 0 fully saturated rings. The van der Waals surface area contributed by atoms with Crippen LogP contribution in [0, 0.1) is 6.92 Å². The van der Waals surface area contributed by atoms with Crippen LogP contribution in [0.3, 0.4) is 0 Å². The molecular formula is C10H14N2O. The second-order valence-corrected chi connectivity index (χ2v) is 3.70. The van der Waals surface area contributed by atoms with Gasteiger partial charge in [-0.1, -0.05) is 0 Å². The first-order chi connectivity index (χ1) is 6.20. The van der Waals surface area contributed by atoms with E-state index in [4.69, 9.17) is 0 Å². The maximum Gasteiger partial charge on any atom is 0.152 e. The molecule has 0 amide bonds. The van der Waals surface area contributed by atoms with Crippen LogP contribution >= 0.6 is 0 Å². The number of rotatable bonds is 1. The molecule has 13 heavy (non-hydrogen) atoms. The van der Waals surface area contributed by atoms with Crippen LogP contribution in [-0.2, 0) is 11.2 Å². The zero-order valence-corrected chi connectivity index (χ0v) is 8.08. The van der Waals surface area contributed by atoms with Crippen molar-refractivity contribution in [2.75, 3.05) is 0 Å². The molecule has 2 heterocycles. The van der Waals surface area contributed by atoms with Crippen molar-refractivity contribution < 1.29 is 4.79 Å². The fourth-order valence-corrected chi connectivity index (χ4v) is 2.06. The third kappa shape index (κ3) is 1.28. The Morgan fingerprint density at radius 1 is 1.69 bits per heavy atom. The average molecular weight is 178 g/mol. The van der Waals surface area contributed by atoms with Gasteiger partial charge < -0.3 is 4.57 Å². The van der Waals surface area contributed by atoms with Gasteiger partial charge in [-0.3, -0.25) is 4.79 Å². The summed E-state index contributed by atoms with van der Waals surface area (Å²) in [5, 5.41) is 0. The summed E-state index contributed by atoms with van der Waals surface area (Å²) < 4.78 is 2.04. The van der Waals surface area contributed by atoms with E-state index in [1.54, 1.807) is 13.3 Å². The standard InChI is InChI=1S/C10H14N2O/c1-7-9-4-3-5-10(8(2)13)12(9)6-11-7/h6,10H,3-5H2,1-2H3. The summed E-state index contributed by atoms with van der Waals surface area (Å²) in [6, 6.07) is 0.0462. The Balaban J connectivity index is 2.43. The normalized spacial score (nSPS) is 21.2. The second-order valence-electron chi connectivity index (χ2n) is 3.70. The van der Waals surface area contributed by atoms with Gasteiger partial charge >= 0.3 is 0 Å². The molecule has 0 saturated heterocycles. The van der Waals surface area contributed by atoms with Crippen molar-refractivity contribution in [1.29, 1.82) is 0 Å². The zero-order chi connectivity index (χ0) is 9.42. The summed E-state index contributed by atoms with van der Waals surface area (Å²) in [5.74, 6) is 0.248. The van der Waals surface area contributed by atoms with Crippen molar-refractivity contribution in [3.8, 4) is 0 Å². The number of nitrogens with zero attached hydrogens (tertiary/aromatic N) is 2. The van der Waals surface area contributed by atoms with Crippen molar-refractivity contribution >= 4 is 5.78 Å². The van der Waals surface area contributed by atoms with Crippen LogP contribution in [0.15, 0.2) is 6.33 Å². The molecule has 0 spiro atoms. The highest BCUT2D eigenvalue weighted by Crippen LogP contribution is 2.26. The number of hydrogen-bond acceptors (Lipinski definition) is 2. The SMILES string of the molecule is CC(=O)C1CCCc2c(C)ncn21. The van der Waals surface area contributed by atoms with Gasteiger partial charge in [-0.05, 0) is 33.1 Å². The van der Waals surface area contributed by atoms with Crippen molar-refractivity contribution in [2.24, 2.45) is 0 Å². The lowest BCUT2D eigenvalue weighted by molar-refractivity contribution is -0.120. The Kier molecular flexibility index (Phi) is 1.94. The number of carbonyl (C=O) groups is 1. The minimum Gasteiger partial charge on any atom is -0.324 e. The molecule has 1 aromatic heterocycles. The molecule has 1 unspecified atom stereocenters. The average Bonchev–Trinajstić information content (AvgIpc) is 2.48. The van der Waals surface area contributed by atoms with Crippen LogP contribution < -0.4 is 0 Å². The van der Waals surface area contributed by atoms with Crippen LogP contribution in [0.2, 0.25) is 0 Å². The summed E-state index contributed by atoms with van der Waals surface area (Å²) in [6.45, 7) is 3.67. The lowest BCUT2D eigenvalue weighted by Gasteiger charge is -2.23. The van der Waals surface area contributed by atoms with E-state index < -0.39 is 0 Å². The highest BCUT2D eigenvalue weighted by molar-refractivity contribution is 5.80. The van der Waals surface area contributed by atoms with E-state index >= 15 is 0 Å². The predicted molar refractivity (Wildman–Crippen MR) is 49.6 cm³/mol. The molecule has 2 rings (SSSR count). The number of Topliss-reactive ketones (excluding diaryl/α,β-unsaturated/α-hetero) is 1. The summed E-state index contributed by atoms with van der Waals surface area (Å²) >= 11 is 0. The third-order valence-corrected chi connectivity index (χ3v) is 2.80. The smallest absolute Gasteiger partial charge is 0.152 e. The number of fused-ring (bicyclic) bond motifs is 1. The number of hydrogen-bond donors (Lipinski definition) is 0. The monoisotopic (exact) mass is 178 g/mol. The number of aryl methyl sites for hydroxylation is 1. The summed E-state index contributed by atoms with van der Waals surface area (Å²) in [5.41, 5.74) is 2.32. The quantitative estimate of drug-likeness (QED) is 0.655. The molecule has 0 N–H and O–H groups in total. The van der Waals surface area contributed by atoms with Gasteiger partial charge in [-0.2, -0.15) is 0 Å². The number of ketones is 1. The summed E-state index contributed by atoms with van der Waals surface area (Å²) in [4.78, 5) is 15.6. The largest absolute Gasteiger partial charge is 0.324 e. The molecule has 1 atom stereocenters. The highest BCUT2D eigenvalue weighted by atomic mass is 16.1. The van der Waals surface area contributed by atoms with E-state index in [2.05, 4.69) is 4.98 Å². The van der Waals surface area contributed by atoms with E-state index in [-0.39, 0.29) is 11.8 Å². The van der Waals surface area contributed by atoms with E-state index in [0.717, 1.165) is 25.0 Å². The van der Waals surface area contributed by atoms with Gasteiger partial charge in [0.2, 0.25) is 0 Å². The molecule has 0 bridgehead atoms. The van der Waals surface area contributed by atoms with E-state index in [1.807, 2.05) is 11.5 Å². The Hall–Kier alpha value is -1.12. The van der Waals surface area contributed by atoms with Gasteiger partial charge in [0.25, 0.3) is 0 Å². The maximum atomic E-state index is 11.3. The molecule has 0 aromatic carbocycles. The minimum absolute atomic E-state index is 0.0462. The summed E-state index contributed by atoms with van der Waals surface area (Å²) in [6.07, 6.45) is 4.94. The molecular weight excluding hydrogens is 164 g/mol. The molecule has 0 radical (unpaired) electrons. The van der Waals surface area contributed by atoms with Gasteiger partial charge in [-0.15, -0.1) is 0 Å². The predicted octanol–water partition coefficient (Wildman–Crippen LogP) is 1.66. The number of carbonyl (C=O) groups excluding carboxylic acids is 1. The summed E-state index contributed by atoms with van der Waals surface area (Å²) in [7, 11) is 0. The lowest BCUT2D eigenvalue weighted by atomic mass is 9.99. The van der Waals surface area contributed by atoms with Gasteiger partial charge in [0.1, 0.15) is 0 Å². The molecule has 3 nitrogen and oxygen atoms in total. The van der Waals surface area contributed by atoms with Crippen LogP contribution in [-0.4, -0.2) is 15.3 Å². The van der Waals surface area contributed by atoms with Gasteiger partial charge in [-0.25, -0.2) is 4.98 Å². The number of aromatic nitrogens is 2. The topological polar surface area (TPSA) is 34.9 Å². The Morgan fingerprint density at radius 2 is 2.46 bits per heavy atom. The van der Waals surface area contributed by atoms with Crippen LogP contribution in [0.1, 0.15) is 37.2 Å². The van der Waals surface area contributed by atoms with Crippen LogP contribution in [0.4, 0.5) is 0 Å². The first-order valence-electron chi connectivity index (χ1n) is 4.73. The van der Waals surface area contributed by atoms with Crippen LogP contribution in [0.25, 0.3) is 0 Å². The van der Waals surface area contributed by atoms with Gasteiger partial charge in [0, 0.05) is 5.69 Å². The van der Waals surface area contributed by atoms with Crippen molar-refractivity contribution in [2.45, 2.75) is 39.2 Å². The maximum absolute atomic E-state index is 11.3. The molecule has 0 saturated carbocycles.